The highest BCUT2D eigenvalue weighted by atomic mass is 16.3. The van der Waals surface area contributed by atoms with Crippen LogP contribution in [0.3, 0.4) is 0 Å². The molecule has 0 aliphatic heterocycles. The minimum absolute atomic E-state index is 0.149. The lowest BCUT2D eigenvalue weighted by Crippen LogP contribution is -2.35. The van der Waals surface area contributed by atoms with Crippen molar-refractivity contribution in [1.29, 1.82) is 0 Å². The molecule has 0 aromatic heterocycles. The van der Waals surface area contributed by atoms with Crippen molar-refractivity contribution in [3.8, 4) is 0 Å². The van der Waals surface area contributed by atoms with Crippen LogP contribution in [0.5, 0.6) is 0 Å². The van der Waals surface area contributed by atoms with Crippen LogP contribution < -0.4 is 0 Å². The van der Waals surface area contributed by atoms with E-state index in [4.69, 9.17) is 0 Å². The fraction of sp³-hybridized carbons (Fsp3) is 0.647. The smallest absolute Gasteiger partial charge is 0.0684 e. The van der Waals surface area contributed by atoms with Crippen molar-refractivity contribution in [3.63, 3.8) is 0 Å². The van der Waals surface area contributed by atoms with Crippen LogP contribution in [-0.4, -0.2) is 5.11 Å². The summed E-state index contributed by atoms with van der Waals surface area (Å²) in [6.07, 6.45) is 2.46. The molecule has 1 aliphatic rings. The summed E-state index contributed by atoms with van der Waals surface area (Å²) in [7, 11) is 0. The van der Waals surface area contributed by atoms with Crippen LogP contribution in [0.2, 0.25) is 0 Å². The van der Waals surface area contributed by atoms with Gasteiger partial charge in [0.05, 0.1) is 6.61 Å². The summed E-state index contributed by atoms with van der Waals surface area (Å²) < 4.78 is 0. The Morgan fingerprint density at radius 2 is 1.56 bits per heavy atom. The molecule has 1 aromatic carbocycles. The summed E-state index contributed by atoms with van der Waals surface area (Å²) in [5.41, 5.74) is 7.20. The number of aliphatic hydroxyl groups is 1. The van der Waals surface area contributed by atoms with E-state index >= 15 is 0 Å². The summed E-state index contributed by atoms with van der Waals surface area (Å²) in [5, 5.41) is 9.54. The lowest BCUT2D eigenvalue weighted by atomic mass is 9.61. The SMILES string of the molecule is Cc1c(CO)cc2c(c1C)C(C)(C)CCC2(C)C. The molecule has 1 nitrogen and oxygen atoms in total. The number of fused-ring (bicyclic) bond motifs is 1. The van der Waals surface area contributed by atoms with Crippen molar-refractivity contribution in [2.24, 2.45) is 0 Å². The van der Waals surface area contributed by atoms with Crippen LogP contribution in [0.4, 0.5) is 0 Å². The molecule has 0 atom stereocenters. The Hall–Kier alpha value is -0.820. The van der Waals surface area contributed by atoms with Crippen LogP contribution in [0.25, 0.3) is 0 Å². The zero-order valence-electron chi connectivity index (χ0n) is 12.6. The molecule has 0 heterocycles. The third-order valence-electron chi connectivity index (χ3n) is 4.96. The summed E-state index contributed by atoms with van der Waals surface area (Å²) in [4.78, 5) is 0. The van der Waals surface area contributed by atoms with Crippen molar-refractivity contribution < 1.29 is 5.11 Å². The maximum atomic E-state index is 9.54. The van der Waals surface area contributed by atoms with Gasteiger partial charge in [0.15, 0.2) is 0 Å². The van der Waals surface area contributed by atoms with Crippen LogP contribution in [-0.2, 0) is 17.4 Å². The van der Waals surface area contributed by atoms with Gasteiger partial charge in [-0.15, -0.1) is 0 Å². The summed E-state index contributed by atoms with van der Waals surface area (Å²) >= 11 is 0. The predicted octanol–water partition coefficient (Wildman–Crippen LogP) is 4.14. The molecule has 0 radical (unpaired) electrons. The van der Waals surface area contributed by atoms with Gasteiger partial charge in [-0.2, -0.15) is 0 Å². The largest absolute Gasteiger partial charge is 0.392 e. The Balaban J connectivity index is 2.80. The molecule has 18 heavy (non-hydrogen) atoms. The first kappa shape index (κ1) is 13.6. The second-order valence-corrected chi connectivity index (χ2v) is 7.13. The molecule has 0 spiro atoms. The summed E-state index contributed by atoms with van der Waals surface area (Å²) in [5.74, 6) is 0. The third kappa shape index (κ3) is 1.89. The minimum atomic E-state index is 0.149. The van der Waals surface area contributed by atoms with Gasteiger partial charge >= 0.3 is 0 Å². The van der Waals surface area contributed by atoms with E-state index in [1.54, 1.807) is 0 Å². The molecular weight excluding hydrogens is 220 g/mol. The van der Waals surface area contributed by atoms with Gasteiger partial charge in [-0.3, -0.25) is 0 Å². The van der Waals surface area contributed by atoms with Crippen molar-refractivity contribution in [2.45, 2.75) is 71.8 Å². The van der Waals surface area contributed by atoms with Gasteiger partial charge in [-0.1, -0.05) is 33.8 Å². The van der Waals surface area contributed by atoms with Crippen LogP contribution in [0.1, 0.15) is 68.4 Å². The summed E-state index contributed by atoms with van der Waals surface area (Å²) in [6.45, 7) is 13.9. The normalized spacial score (nSPS) is 20.6. The lowest BCUT2D eigenvalue weighted by Gasteiger charge is -2.43. The molecule has 1 aromatic rings. The zero-order valence-corrected chi connectivity index (χ0v) is 12.6. The van der Waals surface area contributed by atoms with E-state index in [9.17, 15) is 5.11 Å². The number of hydrogen-bond acceptors (Lipinski definition) is 1. The number of rotatable bonds is 1. The molecule has 0 fully saturated rings. The second-order valence-electron chi connectivity index (χ2n) is 7.13. The Morgan fingerprint density at radius 3 is 2.11 bits per heavy atom. The van der Waals surface area contributed by atoms with E-state index in [-0.39, 0.29) is 17.4 Å². The van der Waals surface area contributed by atoms with Crippen LogP contribution >= 0.6 is 0 Å². The van der Waals surface area contributed by atoms with E-state index in [1.807, 2.05) is 0 Å². The zero-order chi connectivity index (χ0) is 13.7. The van der Waals surface area contributed by atoms with Gasteiger partial charge in [0.25, 0.3) is 0 Å². The monoisotopic (exact) mass is 246 g/mol. The van der Waals surface area contributed by atoms with Crippen LogP contribution in [0, 0.1) is 13.8 Å². The average Bonchev–Trinajstić information content (AvgIpc) is 2.28. The fourth-order valence-electron chi connectivity index (χ4n) is 3.44. The molecular formula is C17H26O. The van der Waals surface area contributed by atoms with E-state index in [1.165, 1.54) is 35.1 Å². The van der Waals surface area contributed by atoms with E-state index in [2.05, 4.69) is 47.6 Å². The number of benzene rings is 1. The maximum absolute atomic E-state index is 9.54. The lowest BCUT2D eigenvalue weighted by molar-refractivity contribution is 0.279. The Labute approximate surface area is 111 Å². The highest BCUT2D eigenvalue weighted by molar-refractivity contribution is 5.52. The quantitative estimate of drug-likeness (QED) is 0.789. The molecule has 0 unspecified atom stereocenters. The Bertz CT molecular complexity index is 481. The predicted molar refractivity (Wildman–Crippen MR) is 77.1 cm³/mol. The van der Waals surface area contributed by atoms with Crippen molar-refractivity contribution in [1.82, 2.24) is 0 Å². The number of hydrogen-bond donors (Lipinski definition) is 1. The van der Waals surface area contributed by atoms with E-state index in [0.717, 1.165) is 5.56 Å². The standard InChI is InChI=1S/C17H26O/c1-11-12(2)15-14(9-13(11)10-18)16(3,4)7-8-17(15,5)6/h9,18H,7-8,10H2,1-6H3. The highest BCUT2D eigenvalue weighted by Crippen LogP contribution is 2.48. The molecule has 0 saturated carbocycles. The third-order valence-corrected chi connectivity index (χ3v) is 4.96. The maximum Gasteiger partial charge on any atom is 0.0684 e. The number of aliphatic hydroxyl groups excluding tert-OH is 1. The van der Waals surface area contributed by atoms with Gasteiger partial charge in [-0.25, -0.2) is 0 Å². The van der Waals surface area contributed by atoms with E-state index in [0.29, 0.717) is 0 Å². The molecule has 0 saturated heterocycles. The minimum Gasteiger partial charge on any atom is -0.392 e. The summed E-state index contributed by atoms with van der Waals surface area (Å²) in [6, 6.07) is 2.25. The average molecular weight is 246 g/mol. The van der Waals surface area contributed by atoms with E-state index < -0.39 is 0 Å². The molecule has 0 amide bonds. The molecule has 1 N–H and O–H groups in total. The molecule has 100 valence electrons. The molecule has 1 aliphatic carbocycles. The van der Waals surface area contributed by atoms with Gasteiger partial charge in [0, 0.05) is 0 Å². The van der Waals surface area contributed by atoms with Gasteiger partial charge in [0.2, 0.25) is 0 Å². The van der Waals surface area contributed by atoms with Crippen LogP contribution in [0.15, 0.2) is 6.07 Å². The molecule has 2 rings (SSSR count). The first-order chi connectivity index (χ1) is 8.20. The highest BCUT2D eigenvalue weighted by Gasteiger charge is 2.38. The van der Waals surface area contributed by atoms with Gasteiger partial charge in [-0.05, 0) is 65.3 Å². The fourth-order valence-corrected chi connectivity index (χ4v) is 3.44. The van der Waals surface area contributed by atoms with Gasteiger partial charge < -0.3 is 5.11 Å². The molecule has 1 heteroatoms. The van der Waals surface area contributed by atoms with Crippen molar-refractivity contribution in [3.05, 3.63) is 33.9 Å². The Kier molecular flexibility index (Phi) is 3.09. The van der Waals surface area contributed by atoms with Crippen molar-refractivity contribution in [2.75, 3.05) is 0 Å². The Morgan fingerprint density at radius 1 is 1.00 bits per heavy atom. The first-order valence-corrected chi connectivity index (χ1v) is 6.95. The topological polar surface area (TPSA) is 20.2 Å². The second kappa shape index (κ2) is 4.09. The first-order valence-electron chi connectivity index (χ1n) is 6.95. The van der Waals surface area contributed by atoms with Crippen molar-refractivity contribution >= 4 is 0 Å². The van der Waals surface area contributed by atoms with Gasteiger partial charge in [0.1, 0.15) is 0 Å². The molecule has 0 bridgehead atoms.